The highest BCUT2D eigenvalue weighted by Gasteiger charge is 2.20. The summed E-state index contributed by atoms with van der Waals surface area (Å²) < 4.78 is 5.41. The van der Waals surface area contributed by atoms with Crippen molar-refractivity contribution in [3.63, 3.8) is 0 Å². The van der Waals surface area contributed by atoms with Crippen molar-refractivity contribution in [2.24, 2.45) is 0 Å². The summed E-state index contributed by atoms with van der Waals surface area (Å²) in [4.78, 5) is 1.38. The lowest BCUT2D eigenvalue weighted by atomic mass is 10.2. The lowest BCUT2D eigenvalue weighted by Gasteiger charge is -2.09. The average Bonchev–Trinajstić information content (AvgIpc) is 3.05. The summed E-state index contributed by atoms with van der Waals surface area (Å²) in [6.07, 6.45) is 3.90. The summed E-state index contributed by atoms with van der Waals surface area (Å²) in [5.74, 6) is 0. The lowest BCUT2D eigenvalue weighted by Crippen LogP contribution is -2.15. The zero-order valence-electron chi connectivity index (χ0n) is 10.0. The van der Waals surface area contributed by atoms with Gasteiger partial charge >= 0.3 is 0 Å². The van der Waals surface area contributed by atoms with Gasteiger partial charge in [-0.05, 0) is 37.0 Å². The molecule has 2 aliphatic rings. The molecule has 3 rings (SSSR count). The minimum absolute atomic E-state index is 0.654. The molecule has 1 aliphatic heterocycles. The van der Waals surface area contributed by atoms with Gasteiger partial charge in [0.2, 0.25) is 0 Å². The van der Waals surface area contributed by atoms with Crippen LogP contribution in [0.3, 0.4) is 0 Å². The molecule has 2 nitrogen and oxygen atoms in total. The number of hydrogen-bond donors (Lipinski definition) is 1. The summed E-state index contributed by atoms with van der Waals surface area (Å²) in [5, 5.41) is 4.21. The van der Waals surface area contributed by atoms with Crippen LogP contribution in [0.15, 0.2) is 29.2 Å². The van der Waals surface area contributed by atoms with Gasteiger partial charge in [0.05, 0.1) is 6.61 Å². The van der Waals surface area contributed by atoms with Crippen molar-refractivity contribution in [3.8, 4) is 0 Å². The third-order valence-electron chi connectivity index (χ3n) is 3.26. The molecule has 1 atom stereocenters. The fourth-order valence-electron chi connectivity index (χ4n) is 2.08. The minimum Gasteiger partial charge on any atom is -0.380 e. The highest BCUT2D eigenvalue weighted by Crippen LogP contribution is 2.29. The molecule has 1 unspecified atom stereocenters. The van der Waals surface area contributed by atoms with Crippen molar-refractivity contribution in [1.29, 1.82) is 0 Å². The second-order valence-electron chi connectivity index (χ2n) is 4.91. The van der Waals surface area contributed by atoms with Crippen LogP contribution in [0.2, 0.25) is 0 Å². The normalized spacial score (nSPS) is 24.1. The third kappa shape index (κ3) is 3.47. The number of rotatable bonds is 5. The van der Waals surface area contributed by atoms with Gasteiger partial charge in [0, 0.05) is 29.3 Å². The molecule has 1 saturated heterocycles. The molecule has 1 saturated carbocycles. The fraction of sp³-hybridized carbons (Fsp3) is 0.571. The van der Waals surface area contributed by atoms with Gasteiger partial charge in [-0.25, -0.2) is 0 Å². The molecule has 0 bridgehead atoms. The van der Waals surface area contributed by atoms with Crippen LogP contribution in [-0.2, 0) is 11.3 Å². The number of benzene rings is 1. The smallest absolute Gasteiger partial charge is 0.0589 e. The summed E-state index contributed by atoms with van der Waals surface area (Å²) in [5.41, 5.74) is 1.40. The van der Waals surface area contributed by atoms with Gasteiger partial charge in [-0.15, -0.1) is 11.8 Å². The maximum atomic E-state index is 5.41. The van der Waals surface area contributed by atoms with Gasteiger partial charge in [0.15, 0.2) is 0 Å². The molecule has 2 fully saturated rings. The van der Waals surface area contributed by atoms with E-state index in [9.17, 15) is 0 Å². The van der Waals surface area contributed by atoms with Crippen LogP contribution in [0, 0.1) is 0 Å². The molecule has 1 aliphatic carbocycles. The summed E-state index contributed by atoms with van der Waals surface area (Å²) >= 11 is 1.96. The molecule has 0 amide bonds. The molecule has 1 aromatic carbocycles. The number of hydrogen-bond acceptors (Lipinski definition) is 3. The van der Waals surface area contributed by atoms with Crippen molar-refractivity contribution in [2.75, 3.05) is 13.2 Å². The first kappa shape index (κ1) is 11.6. The van der Waals surface area contributed by atoms with Crippen molar-refractivity contribution in [3.05, 3.63) is 29.8 Å². The molecule has 0 radical (unpaired) electrons. The van der Waals surface area contributed by atoms with E-state index < -0.39 is 0 Å². The van der Waals surface area contributed by atoms with Crippen LogP contribution in [0.4, 0.5) is 0 Å². The Kier molecular flexibility index (Phi) is 3.69. The summed E-state index contributed by atoms with van der Waals surface area (Å²) in [6.45, 7) is 2.86. The monoisotopic (exact) mass is 249 g/mol. The first-order chi connectivity index (χ1) is 8.40. The SMILES string of the molecule is c1cc(CNC2CC2)cc(SC2CCOC2)c1. The maximum absolute atomic E-state index is 5.41. The molecular formula is C14H19NOS. The van der Waals surface area contributed by atoms with Gasteiger partial charge in [0.1, 0.15) is 0 Å². The van der Waals surface area contributed by atoms with Crippen molar-refractivity contribution >= 4 is 11.8 Å². The predicted molar refractivity (Wildman–Crippen MR) is 71.4 cm³/mol. The number of ether oxygens (including phenoxy) is 1. The van der Waals surface area contributed by atoms with E-state index in [0.29, 0.717) is 5.25 Å². The second-order valence-corrected chi connectivity index (χ2v) is 6.28. The minimum atomic E-state index is 0.654. The standard InChI is InChI=1S/C14H19NOS/c1-2-11(9-15-12-4-5-12)8-13(3-1)17-14-6-7-16-10-14/h1-3,8,12,14-15H,4-7,9-10H2. The van der Waals surface area contributed by atoms with Crippen LogP contribution in [-0.4, -0.2) is 24.5 Å². The maximum Gasteiger partial charge on any atom is 0.0589 e. The predicted octanol–water partition coefficient (Wildman–Crippen LogP) is 2.82. The Morgan fingerprint density at radius 1 is 1.29 bits per heavy atom. The Labute approximate surface area is 107 Å². The van der Waals surface area contributed by atoms with Crippen molar-refractivity contribution in [1.82, 2.24) is 5.32 Å². The molecule has 0 spiro atoms. The highest BCUT2D eigenvalue weighted by atomic mass is 32.2. The Morgan fingerprint density at radius 3 is 3.00 bits per heavy atom. The van der Waals surface area contributed by atoms with E-state index in [0.717, 1.165) is 25.8 Å². The van der Waals surface area contributed by atoms with E-state index in [4.69, 9.17) is 4.74 Å². The van der Waals surface area contributed by atoms with Crippen LogP contribution in [0.5, 0.6) is 0 Å². The van der Waals surface area contributed by atoms with E-state index in [-0.39, 0.29) is 0 Å². The summed E-state index contributed by atoms with van der Waals surface area (Å²) in [6, 6.07) is 9.70. The van der Waals surface area contributed by atoms with E-state index >= 15 is 0 Å². The van der Waals surface area contributed by atoms with Gasteiger partial charge in [0.25, 0.3) is 0 Å². The first-order valence-electron chi connectivity index (χ1n) is 6.47. The third-order valence-corrected chi connectivity index (χ3v) is 4.49. The molecule has 1 N–H and O–H groups in total. The fourth-order valence-corrected chi connectivity index (χ4v) is 3.22. The van der Waals surface area contributed by atoms with Crippen molar-refractivity contribution in [2.45, 2.75) is 42.0 Å². The van der Waals surface area contributed by atoms with Gasteiger partial charge in [-0.1, -0.05) is 12.1 Å². The van der Waals surface area contributed by atoms with E-state index in [2.05, 4.69) is 29.6 Å². The quantitative estimate of drug-likeness (QED) is 0.867. The Bertz CT molecular complexity index is 372. The Hall–Kier alpha value is -0.510. The summed E-state index contributed by atoms with van der Waals surface area (Å²) in [7, 11) is 0. The molecule has 1 aromatic rings. The van der Waals surface area contributed by atoms with Gasteiger partial charge < -0.3 is 10.1 Å². The second kappa shape index (κ2) is 5.42. The number of nitrogens with one attached hydrogen (secondary N) is 1. The van der Waals surface area contributed by atoms with Gasteiger partial charge in [-0.2, -0.15) is 0 Å². The zero-order chi connectivity index (χ0) is 11.5. The van der Waals surface area contributed by atoms with E-state index in [1.54, 1.807) is 0 Å². The van der Waals surface area contributed by atoms with E-state index in [1.165, 1.54) is 29.7 Å². The Balaban J connectivity index is 1.56. The first-order valence-corrected chi connectivity index (χ1v) is 7.35. The van der Waals surface area contributed by atoms with Crippen LogP contribution in [0.1, 0.15) is 24.8 Å². The van der Waals surface area contributed by atoms with Crippen LogP contribution >= 0.6 is 11.8 Å². The lowest BCUT2D eigenvalue weighted by molar-refractivity contribution is 0.199. The van der Waals surface area contributed by atoms with Gasteiger partial charge in [-0.3, -0.25) is 0 Å². The number of thioether (sulfide) groups is 1. The molecular weight excluding hydrogens is 230 g/mol. The average molecular weight is 249 g/mol. The highest BCUT2D eigenvalue weighted by molar-refractivity contribution is 8.00. The topological polar surface area (TPSA) is 21.3 Å². The molecule has 0 aromatic heterocycles. The Morgan fingerprint density at radius 2 is 2.24 bits per heavy atom. The van der Waals surface area contributed by atoms with E-state index in [1.807, 2.05) is 11.8 Å². The van der Waals surface area contributed by atoms with Crippen LogP contribution < -0.4 is 5.32 Å². The molecule has 3 heteroatoms. The zero-order valence-corrected chi connectivity index (χ0v) is 10.8. The molecule has 92 valence electrons. The van der Waals surface area contributed by atoms with Crippen LogP contribution in [0.25, 0.3) is 0 Å². The largest absolute Gasteiger partial charge is 0.380 e. The van der Waals surface area contributed by atoms with Crippen molar-refractivity contribution < 1.29 is 4.74 Å². The molecule has 17 heavy (non-hydrogen) atoms. The molecule has 1 heterocycles.